The van der Waals surface area contributed by atoms with Crippen LogP contribution in [0.2, 0.25) is 0 Å². The molecule has 3 rings (SSSR count). The third kappa shape index (κ3) is 2.26. The maximum atomic E-state index is 13.5. The van der Waals surface area contributed by atoms with Gasteiger partial charge in [-0.2, -0.15) is 5.10 Å². The van der Waals surface area contributed by atoms with Crippen molar-refractivity contribution in [1.29, 1.82) is 0 Å². The second kappa shape index (κ2) is 4.55. The number of halogens is 2. The number of hydrogen-bond acceptors (Lipinski definition) is 3. The Kier molecular flexibility index (Phi) is 2.87. The molecule has 0 amide bonds. The van der Waals surface area contributed by atoms with Crippen molar-refractivity contribution in [2.75, 3.05) is 11.1 Å². The molecule has 4 nitrogen and oxygen atoms in total. The topological polar surface area (TPSA) is 66.7 Å². The van der Waals surface area contributed by atoms with E-state index in [-0.39, 0.29) is 5.82 Å². The second-order valence-corrected chi connectivity index (χ2v) is 5.00. The van der Waals surface area contributed by atoms with E-state index in [1.807, 2.05) is 12.1 Å². The number of benzene rings is 2. The number of nitrogens with two attached hydrogens (primary N) is 1. The van der Waals surface area contributed by atoms with Crippen LogP contribution in [0.15, 0.2) is 41.0 Å². The van der Waals surface area contributed by atoms with Crippen LogP contribution >= 0.6 is 15.9 Å². The van der Waals surface area contributed by atoms with Gasteiger partial charge in [0, 0.05) is 11.1 Å². The van der Waals surface area contributed by atoms with Gasteiger partial charge >= 0.3 is 0 Å². The average molecular weight is 321 g/mol. The van der Waals surface area contributed by atoms with E-state index in [2.05, 4.69) is 31.4 Å². The van der Waals surface area contributed by atoms with Crippen molar-refractivity contribution in [3.63, 3.8) is 0 Å². The molecule has 1 heterocycles. The lowest BCUT2D eigenvalue weighted by Crippen LogP contribution is -1.96. The third-order valence-electron chi connectivity index (χ3n) is 2.81. The molecule has 0 saturated heterocycles. The fraction of sp³-hybridized carbons (Fsp3) is 0. The van der Waals surface area contributed by atoms with Crippen LogP contribution < -0.4 is 11.1 Å². The first-order valence-electron chi connectivity index (χ1n) is 5.58. The molecule has 0 spiro atoms. The molecule has 3 aromatic rings. The molecular weight excluding hydrogens is 311 g/mol. The fourth-order valence-corrected chi connectivity index (χ4v) is 2.09. The average Bonchev–Trinajstić information content (AvgIpc) is 2.81. The Morgan fingerprint density at radius 1 is 1.26 bits per heavy atom. The van der Waals surface area contributed by atoms with Crippen molar-refractivity contribution in [3.8, 4) is 0 Å². The van der Waals surface area contributed by atoms with E-state index in [4.69, 9.17) is 5.73 Å². The van der Waals surface area contributed by atoms with Crippen molar-refractivity contribution < 1.29 is 4.39 Å². The lowest BCUT2D eigenvalue weighted by molar-refractivity contribution is 0.622. The van der Waals surface area contributed by atoms with Crippen LogP contribution in [0.4, 0.5) is 21.5 Å². The second-order valence-electron chi connectivity index (χ2n) is 4.15. The SMILES string of the molecule is Nc1cc2cn[nH]c2cc1Nc1ccc(Br)c(F)c1. The smallest absolute Gasteiger partial charge is 0.139 e. The normalized spacial score (nSPS) is 10.8. The number of nitrogen functional groups attached to an aromatic ring is 1. The minimum atomic E-state index is -0.328. The van der Waals surface area contributed by atoms with Crippen LogP contribution in [0, 0.1) is 5.82 Å². The molecule has 0 aliphatic carbocycles. The van der Waals surface area contributed by atoms with Gasteiger partial charge in [-0.15, -0.1) is 0 Å². The summed E-state index contributed by atoms with van der Waals surface area (Å²) in [5, 5.41) is 10.8. The first kappa shape index (κ1) is 12.0. The number of H-pyrrole nitrogens is 1. The zero-order chi connectivity index (χ0) is 13.4. The van der Waals surface area contributed by atoms with Crippen LogP contribution in [-0.2, 0) is 0 Å². The van der Waals surface area contributed by atoms with E-state index in [0.717, 1.165) is 10.9 Å². The number of aromatic nitrogens is 2. The van der Waals surface area contributed by atoms with E-state index in [0.29, 0.717) is 21.5 Å². The van der Waals surface area contributed by atoms with E-state index in [9.17, 15) is 4.39 Å². The Morgan fingerprint density at radius 3 is 2.89 bits per heavy atom. The number of nitrogens with one attached hydrogen (secondary N) is 2. The van der Waals surface area contributed by atoms with Crippen LogP contribution in [0.1, 0.15) is 0 Å². The minimum absolute atomic E-state index is 0.328. The van der Waals surface area contributed by atoms with Gasteiger partial charge in [-0.3, -0.25) is 5.10 Å². The Labute approximate surface area is 116 Å². The largest absolute Gasteiger partial charge is 0.397 e. The summed E-state index contributed by atoms with van der Waals surface area (Å²) in [5.41, 5.74) is 8.74. The molecule has 0 saturated carbocycles. The van der Waals surface area contributed by atoms with Crippen LogP contribution in [-0.4, -0.2) is 10.2 Å². The standard InChI is InChI=1S/C13H10BrFN4/c14-9-2-1-8(4-10(9)15)18-13-5-12-7(3-11(13)16)6-17-19-12/h1-6,18H,16H2,(H,17,19). The summed E-state index contributed by atoms with van der Waals surface area (Å²) in [4.78, 5) is 0. The van der Waals surface area contributed by atoms with E-state index in [1.54, 1.807) is 18.3 Å². The molecule has 0 fully saturated rings. The Hall–Kier alpha value is -2.08. The molecule has 6 heteroatoms. The molecule has 96 valence electrons. The number of anilines is 3. The minimum Gasteiger partial charge on any atom is -0.397 e. The maximum absolute atomic E-state index is 13.5. The number of aromatic amines is 1. The van der Waals surface area contributed by atoms with Gasteiger partial charge < -0.3 is 11.1 Å². The van der Waals surface area contributed by atoms with Crippen LogP contribution in [0.3, 0.4) is 0 Å². The highest BCUT2D eigenvalue weighted by Crippen LogP contribution is 2.29. The van der Waals surface area contributed by atoms with Gasteiger partial charge in [0.05, 0.1) is 27.6 Å². The summed E-state index contributed by atoms with van der Waals surface area (Å²) < 4.78 is 13.9. The third-order valence-corrected chi connectivity index (χ3v) is 3.45. The molecule has 4 N–H and O–H groups in total. The molecule has 19 heavy (non-hydrogen) atoms. The molecule has 0 unspecified atom stereocenters. The molecule has 0 atom stereocenters. The molecule has 2 aromatic carbocycles. The highest BCUT2D eigenvalue weighted by molar-refractivity contribution is 9.10. The Balaban J connectivity index is 1.99. The van der Waals surface area contributed by atoms with E-state index >= 15 is 0 Å². The van der Waals surface area contributed by atoms with Crippen LogP contribution in [0.5, 0.6) is 0 Å². The Bertz CT molecular complexity index is 753. The van der Waals surface area contributed by atoms with Crippen LogP contribution in [0.25, 0.3) is 10.9 Å². The van der Waals surface area contributed by atoms with E-state index < -0.39 is 0 Å². The number of fused-ring (bicyclic) bond motifs is 1. The van der Waals surface area contributed by atoms with Crippen molar-refractivity contribution in [2.45, 2.75) is 0 Å². The molecule has 0 aliphatic heterocycles. The predicted molar refractivity (Wildman–Crippen MR) is 77.9 cm³/mol. The zero-order valence-corrected chi connectivity index (χ0v) is 11.3. The van der Waals surface area contributed by atoms with Crippen molar-refractivity contribution in [2.24, 2.45) is 0 Å². The van der Waals surface area contributed by atoms with Gasteiger partial charge in [-0.1, -0.05) is 0 Å². The summed E-state index contributed by atoms with van der Waals surface area (Å²) >= 11 is 3.12. The number of rotatable bonds is 2. The van der Waals surface area contributed by atoms with Gasteiger partial charge in [0.2, 0.25) is 0 Å². The monoisotopic (exact) mass is 320 g/mol. The summed E-state index contributed by atoms with van der Waals surface area (Å²) in [6.45, 7) is 0. The molecular formula is C13H10BrFN4. The van der Waals surface area contributed by atoms with Gasteiger partial charge in [0.15, 0.2) is 0 Å². The van der Waals surface area contributed by atoms with Crippen molar-refractivity contribution in [1.82, 2.24) is 10.2 Å². The van der Waals surface area contributed by atoms with Gasteiger partial charge in [0.25, 0.3) is 0 Å². The fourth-order valence-electron chi connectivity index (χ4n) is 1.85. The predicted octanol–water partition coefficient (Wildman–Crippen LogP) is 3.79. The quantitative estimate of drug-likeness (QED) is 0.629. The Morgan fingerprint density at radius 2 is 2.11 bits per heavy atom. The van der Waals surface area contributed by atoms with Gasteiger partial charge in [-0.05, 0) is 46.3 Å². The van der Waals surface area contributed by atoms with Gasteiger partial charge in [0.1, 0.15) is 5.82 Å². The lowest BCUT2D eigenvalue weighted by Gasteiger charge is -2.10. The van der Waals surface area contributed by atoms with Gasteiger partial charge in [-0.25, -0.2) is 4.39 Å². The summed E-state index contributed by atoms with van der Waals surface area (Å²) in [7, 11) is 0. The molecule has 0 bridgehead atoms. The lowest BCUT2D eigenvalue weighted by atomic mass is 10.2. The maximum Gasteiger partial charge on any atom is 0.139 e. The highest BCUT2D eigenvalue weighted by Gasteiger charge is 2.06. The summed E-state index contributed by atoms with van der Waals surface area (Å²) in [6, 6.07) is 8.47. The van der Waals surface area contributed by atoms with Crippen molar-refractivity contribution in [3.05, 3.63) is 46.8 Å². The number of nitrogens with zero attached hydrogens (tertiary/aromatic N) is 1. The molecule has 1 aromatic heterocycles. The number of hydrogen-bond donors (Lipinski definition) is 3. The zero-order valence-electron chi connectivity index (χ0n) is 9.74. The van der Waals surface area contributed by atoms with E-state index in [1.165, 1.54) is 6.07 Å². The first-order valence-corrected chi connectivity index (χ1v) is 6.37. The first-order chi connectivity index (χ1) is 9.13. The summed E-state index contributed by atoms with van der Waals surface area (Å²) in [5.74, 6) is -0.328. The molecule has 0 aliphatic rings. The highest BCUT2D eigenvalue weighted by atomic mass is 79.9. The summed E-state index contributed by atoms with van der Waals surface area (Å²) in [6.07, 6.45) is 1.70. The molecule has 0 radical (unpaired) electrons. The van der Waals surface area contributed by atoms with Crippen molar-refractivity contribution >= 4 is 43.9 Å².